The number of carbonyl (C=O) groups is 1. The van der Waals surface area contributed by atoms with Crippen molar-refractivity contribution in [2.75, 3.05) is 25.4 Å². The molecule has 1 aliphatic carbocycles. The number of nitrogens with zero attached hydrogens (tertiary/aromatic N) is 4. The quantitative estimate of drug-likeness (QED) is 0.505. The molecule has 1 unspecified atom stereocenters. The van der Waals surface area contributed by atoms with Gasteiger partial charge < -0.3 is 10.6 Å². The fourth-order valence-corrected chi connectivity index (χ4v) is 3.01. The second-order valence-corrected chi connectivity index (χ2v) is 5.86. The highest BCUT2D eigenvalue weighted by atomic mass is 16.6. The zero-order valence-corrected chi connectivity index (χ0v) is 12.5. The van der Waals surface area contributed by atoms with Crippen LogP contribution < -0.4 is 5.73 Å². The van der Waals surface area contributed by atoms with Crippen LogP contribution in [-0.4, -0.2) is 52.3 Å². The van der Waals surface area contributed by atoms with E-state index in [1.54, 1.807) is 4.90 Å². The molecule has 1 amide bonds. The van der Waals surface area contributed by atoms with Gasteiger partial charge in [0, 0.05) is 31.7 Å². The zero-order chi connectivity index (χ0) is 16.6. The van der Waals surface area contributed by atoms with E-state index in [0.29, 0.717) is 25.7 Å². The number of nitro benzene ring substituents is 1. The lowest BCUT2D eigenvalue weighted by molar-refractivity contribution is -0.383. The number of hydrogen-bond acceptors (Lipinski definition) is 6. The highest BCUT2D eigenvalue weighted by molar-refractivity contribution is 6.01. The van der Waals surface area contributed by atoms with Crippen molar-refractivity contribution >= 4 is 17.3 Å². The zero-order valence-electron chi connectivity index (χ0n) is 12.5. The van der Waals surface area contributed by atoms with E-state index in [1.807, 2.05) is 0 Å². The number of amides is 1. The van der Waals surface area contributed by atoms with Crippen molar-refractivity contribution < 1.29 is 9.72 Å². The Morgan fingerprint density at radius 3 is 2.74 bits per heavy atom. The molecule has 0 bridgehead atoms. The Morgan fingerprint density at radius 1 is 1.39 bits per heavy atom. The van der Waals surface area contributed by atoms with E-state index in [-0.39, 0.29) is 28.9 Å². The monoisotopic (exact) mass is 315 g/mol. The molecule has 0 aromatic heterocycles. The normalized spacial score (nSPS) is 21.7. The van der Waals surface area contributed by atoms with Crippen molar-refractivity contribution in [3.63, 3.8) is 0 Å². The van der Waals surface area contributed by atoms with Gasteiger partial charge >= 0.3 is 0 Å². The second-order valence-electron chi connectivity index (χ2n) is 5.86. The van der Waals surface area contributed by atoms with Gasteiger partial charge in [-0.05, 0) is 18.9 Å². The van der Waals surface area contributed by atoms with Crippen LogP contribution in [0.5, 0.6) is 0 Å². The predicted octanol–water partition coefficient (Wildman–Crippen LogP) is 0.989. The van der Waals surface area contributed by atoms with Crippen LogP contribution >= 0.6 is 0 Å². The summed E-state index contributed by atoms with van der Waals surface area (Å²) in [6.45, 7) is 1.44. The number of anilines is 1. The lowest BCUT2D eigenvalue weighted by atomic mass is 10.1. The van der Waals surface area contributed by atoms with Gasteiger partial charge in [0.1, 0.15) is 11.7 Å². The molecule has 1 saturated heterocycles. The SMILES string of the molecule is N#CC1CN(C(=O)c2cccc([N+](=O)[O-])c2N)CCN1C1CC1. The van der Waals surface area contributed by atoms with E-state index < -0.39 is 4.92 Å². The highest BCUT2D eigenvalue weighted by Crippen LogP contribution is 2.31. The molecule has 1 aromatic rings. The number of nitrogen functional groups attached to an aromatic ring is 1. The lowest BCUT2D eigenvalue weighted by Crippen LogP contribution is -2.55. The van der Waals surface area contributed by atoms with Gasteiger partial charge in [-0.3, -0.25) is 19.8 Å². The molecule has 2 aliphatic rings. The Kier molecular flexibility index (Phi) is 3.88. The second kappa shape index (κ2) is 5.85. The van der Waals surface area contributed by atoms with Crippen LogP contribution in [0.25, 0.3) is 0 Å². The minimum Gasteiger partial charge on any atom is -0.393 e. The van der Waals surface area contributed by atoms with Gasteiger partial charge in [0.15, 0.2) is 0 Å². The third-order valence-corrected chi connectivity index (χ3v) is 4.38. The summed E-state index contributed by atoms with van der Waals surface area (Å²) >= 11 is 0. The first-order valence-corrected chi connectivity index (χ1v) is 7.50. The van der Waals surface area contributed by atoms with Crippen molar-refractivity contribution in [3.05, 3.63) is 33.9 Å². The third-order valence-electron chi connectivity index (χ3n) is 4.38. The van der Waals surface area contributed by atoms with E-state index in [0.717, 1.165) is 12.8 Å². The van der Waals surface area contributed by atoms with Gasteiger partial charge in [-0.15, -0.1) is 0 Å². The van der Waals surface area contributed by atoms with Crippen LogP contribution in [0.4, 0.5) is 11.4 Å². The van der Waals surface area contributed by atoms with E-state index in [1.165, 1.54) is 18.2 Å². The van der Waals surface area contributed by atoms with Gasteiger partial charge in [0.2, 0.25) is 0 Å². The number of benzene rings is 1. The summed E-state index contributed by atoms with van der Waals surface area (Å²) < 4.78 is 0. The topological polar surface area (TPSA) is 116 Å². The number of hydrogen-bond donors (Lipinski definition) is 1. The van der Waals surface area contributed by atoms with Gasteiger partial charge in [-0.25, -0.2) is 0 Å². The van der Waals surface area contributed by atoms with Crippen LogP contribution in [0.3, 0.4) is 0 Å². The number of nitriles is 1. The van der Waals surface area contributed by atoms with Gasteiger partial charge in [0.05, 0.1) is 16.6 Å². The molecule has 1 saturated carbocycles. The molecule has 1 aromatic carbocycles. The van der Waals surface area contributed by atoms with Crippen molar-refractivity contribution in [2.45, 2.75) is 24.9 Å². The maximum atomic E-state index is 12.6. The molecule has 120 valence electrons. The first-order chi connectivity index (χ1) is 11.0. The molecule has 8 heteroatoms. The van der Waals surface area contributed by atoms with Crippen LogP contribution in [0, 0.1) is 21.4 Å². The average Bonchev–Trinajstić information content (AvgIpc) is 3.38. The molecule has 1 atom stereocenters. The maximum absolute atomic E-state index is 12.6. The summed E-state index contributed by atoms with van der Waals surface area (Å²) in [5.74, 6) is -0.359. The molecule has 8 nitrogen and oxygen atoms in total. The van der Waals surface area contributed by atoms with Crippen molar-refractivity contribution in [1.29, 1.82) is 5.26 Å². The minimum absolute atomic E-state index is 0.121. The molecule has 3 rings (SSSR count). The summed E-state index contributed by atoms with van der Waals surface area (Å²) in [4.78, 5) is 26.7. The summed E-state index contributed by atoms with van der Waals surface area (Å²) in [5.41, 5.74) is 5.50. The van der Waals surface area contributed by atoms with Crippen molar-refractivity contribution in [1.82, 2.24) is 9.80 Å². The molecule has 23 heavy (non-hydrogen) atoms. The van der Waals surface area contributed by atoms with E-state index >= 15 is 0 Å². The predicted molar refractivity (Wildman–Crippen MR) is 82.5 cm³/mol. The summed E-state index contributed by atoms with van der Waals surface area (Å²) in [5, 5.41) is 20.3. The first-order valence-electron chi connectivity index (χ1n) is 7.50. The Labute approximate surface area is 133 Å². The number of para-hydroxylation sites is 1. The van der Waals surface area contributed by atoms with Crippen molar-refractivity contribution in [2.24, 2.45) is 0 Å². The Hall–Kier alpha value is -2.66. The van der Waals surface area contributed by atoms with E-state index in [4.69, 9.17) is 5.73 Å². The Morgan fingerprint density at radius 2 is 2.13 bits per heavy atom. The fraction of sp³-hybridized carbons (Fsp3) is 0.467. The summed E-state index contributed by atoms with van der Waals surface area (Å²) in [6.07, 6.45) is 2.20. The van der Waals surface area contributed by atoms with Gasteiger partial charge in [-0.1, -0.05) is 6.07 Å². The third kappa shape index (κ3) is 2.83. The number of rotatable bonds is 3. The first kappa shape index (κ1) is 15.2. The molecule has 1 heterocycles. The number of piperazine rings is 1. The largest absolute Gasteiger partial charge is 0.393 e. The number of nitrogens with two attached hydrogens (primary N) is 1. The standard InChI is InChI=1S/C15H17N5O3/c16-8-11-9-18(6-7-19(11)10-4-5-10)15(21)12-2-1-3-13(14(12)17)20(22)23/h1-3,10-11H,4-7,9,17H2. The number of nitro groups is 1. The molecule has 1 aliphatic heterocycles. The average molecular weight is 315 g/mol. The summed E-state index contributed by atoms with van der Waals surface area (Å²) in [7, 11) is 0. The summed E-state index contributed by atoms with van der Waals surface area (Å²) in [6, 6.07) is 6.58. The molecule has 0 spiro atoms. The van der Waals surface area contributed by atoms with Crippen molar-refractivity contribution in [3.8, 4) is 6.07 Å². The van der Waals surface area contributed by atoms with Gasteiger partial charge in [-0.2, -0.15) is 5.26 Å². The fourth-order valence-electron chi connectivity index (χ4n) is 3.01. The lowest BCUT2D eigenvalue weighted by Gasteiger charge is -2.38. The molecular formula is C15H17N5O3. The number of carbonyl (C=O) groups excluding carboxylic acids is 1. The van der Waals surface area contributed by atoms with E-state index in [2.05, 4.69) is 11.0 Å². The smallest absolute Gasteiger partial charge is 0.292 e. The van der Waals surface area contributed by atoms with Crippen LogP contribution in [0.15, 0.2) is 18.2 Å². The van der Waals surface area contributed by atoms with Crippen LogP contribution in [0.2, 0.25) is 0 Å². The maximum Gasteiger partial charge on any atom is 0.292 e. The molecule has 2 fully saturated rings. The Bertz CT molecular complexity index is 695. The minimum atomic E-state index is -0.602. The molecule has 2 N–H and O–H groups in total. The highest BCUT2D eigenvalue weighted by Gasteiger charge is 2.39. The molecule has 0 radical (unpaired) electrons. The Balaban J connectivity index is 1.80. The molecular weight excluding hydrogens is 298 g/mol. The van der Waals surface area contributed by atoms with Gasteiger partial charge in [0.25, 0.3) is 11.6 Å². The van der Waals surface area contributed by atoms with E-state index in [9.17, 15) is 20.2 Å². The van der Waals surface area contributed by atoms with Crippen LogP contribution in [0.1, 0.15) is 23.2 Å². The van der Waals surface area contributed by atoms with Crippen LogP contribution in [-0.2, 0) is 0 Å².